The van der Waals surface area contributed by atoms with E-state index < -0.39 is 17.3 Å². The number of nitrogens with two attached hydrogens (primary N) is 1. The molecule has 0 saturated heterocycles. The number of hydrogen-bond acceptors (Lipinski definition) is 3. The number of nitrogens with zero attached hydrogens (tertiary/aromatic N) is 1. The fourth-order valence-electron chi connectivity index (χ4n) is 1.46. The number of unbranched alkanes of at least 4 members (excludes halogenated alkanes) is 1. The molecule has 2 N–H and O–H groups in total. The molecule has 0 atom stereocenters. The molecule has 1 heterocycles. The first-order chi connectivity index (χ1) is 8.66. The zero-order valence-corrected chi connectivity index (χ0v) is 11.3. The Morgan fingerprint density at radius 1 is 1.32 bits per heavy atom. The molecule has 3 nitrogen and oxygen atoms in total. The molecule has 0 aliphatic carbocycles. The quantitative estimate of drug-likeness (QED) is 0.838. The van der Waals surface area contributed by atoms with Gasteiger partial charge in [0.25, 0.3) is 0 Å². The van der Waals surface area contributed by atoms with Crippen LogP contribution >= 0.6 is 0 Å². The summed E-state index contributed by atoms with van der Waals surface area (Å²) in [7, 11) is 0. The maximum atomic E-state index is 13.0. The summed E-state index contributed by atoms with van der Waals surface area (Å²) in [5.41, 5.74) is 4.20. The van der Waals surface area contributed by atoms with Crippen LogP contribution in [0.25, 0.3) is 0 Å². The Kier molecular flexibility index (Phi) is 4.79. The van der Waals surface area contributed by atoms with E-state index in [1.165, 1.54) is 0 Å². The lowest BCUT2D eigenvalue weighted by atomic mass is 9.99. The molecule has 0 unspecified atom stereocenters. The number of halogens is 3. The van der Waals surface area contributed by atoms with Gasteiger partial charge in [-0.15, -0.1) is 0 Å². The zero-order chi connectivity index (χ0) is 14.7. The number of rotatable bonds is 5. The number of hydrogen-bond donors (Lipinski definition) is 1. The van der Waals surface area contributed by atoms with Crippen molar-refractivity contribution < 1.29 is 17.9 Å². The second-order valence-corrected chi connectivity index (χ2v) is 4.99. The van der Waals surface area contributed by atoms with E-state index in [1.807, 2.05) is 6.92 Å². The highest BCUT2D eigenvalue weighted by Gasteiger charge is 2.36. The largest absolute Gasteiger partial charge is 0.491 e. The number of pyridine rings is 1. The Balaban J connectivity index is 3.11. The molecule has 0 aliphatic rings. The van der Waals surface area contributed by atoms with E-state index in [4.69, 9.17) is 10.5 Å². The van der Waals surface area contributed by atoms with Crippen molar-refractivity contribution in [2.24, 2.45) is 5.73 Å². The lowest BCUT2D eigenvalue weighted by Gasteiger charge is -2.21. The average molecular weight is 276 g/mol. The predicted octanol–water partition coefficient (Wildman–Crippen LogP) is 3.47. The highest BCUT2D eigenvalue weighted by molar-refractivity contribution is 5.36. The van der Waals surface area contributed by atoms with Crippen LogP contribution in [0.3, 0.4) is 0 Å². The van der Waals surface area contributed by atoms with Gasteiger partial charge in [-0.1, -0.05) is 13.3 Å². The molecule has 1 aromatic rings. The summed E-state index contributed by atoms with van der Waals surface area (Å²) in [6, 6.07) is 0.960. The maximum absolute atomic E-state index is 13.0. The monoisotopic (exact) mass is 276 g/mol. The molecular formula is C13H19F3N2O. The van der Waals surface area contributed by atoms with E-state index in [-0.39, 0.29) is 18.1 Å². The Morgan fingerprint density at radius 2 is 1.95 bits per heavy atom. The minimum Gasteiger partial charge on any atom is -0.491 e. The van der Waals surface area contributed by atoms with E-state index >= 15 is 0 Å². The van der Waals surface area contributed by atoms with E-state index in [0.717, 1.165) is 18.7 Å². The minimum absolute atomic E-state index is 0.183. The first-order valence-corrected chi connectivity index (χ1v) is 6.15. The van der Waals surface area contributed by atoms with Crippen LogP contribution < -0.4 is 10.5 Å². The predicted molar refractivity (Wildman–Crippen MR) is 66.9 cm³/mol. The maximum Gasteiger partial charge on any atom is 0.420 e. The molecule has 0 radical (unpaired) electrons. The van der Waals surface area contributed by atoms with Gasteiger partial charge in [0.15, 0.2) is 0 Å². The van der Waals surface area contributed by atoms with Crippen molar-refractivity contribution in [2.45, 2.75) is 45.3 Å². The van der Waals surface area contributed by atoms with Crippen molar-refractivity contribution in [3.05, 3.63) is 23.5 Å². The molecule has 0 amide bonds. The smallest absolute Gasteiger partial charge is 0.420 e. The standard InChI is InChI=1S/C13H19F3N2O/c1-4-5-6-19-10-8-18-11(12(2,3)17)7-9(10)13(14,15)16/h7-8H,4-6,17H2,1-3H3. The minimum atomic E-state index is -4.48. The third kappa shape index (κ3) is 4.38. The first kappa shape index (κ1) is 15.8. The lowest BCUT2D eigenvalue weighted by molar-refractivity contribution is -0.139. The fourth-order valence-corrected chi connectivity index (χ4v) is 1.46. The highest BCUT2D eigenvalue weighted by atomic mass is 19.4. The van der Waals surface area contributed by atoms with Crippen molar-refractivity contribution in [2.75, 3.05) is 6.61 Å². The number of alkyl halides is 3. The van der Waals surface area contributed by atoms with Gasteiger partial charge in [0.1, 0.15) is 11.3 Å². The van der Waals surface area contributed by atoms with Gasteiger partial charge in [0, 0.05) is 0 Å². The summed E-state index contributed by atoms with van der Waals surface area (Å²) in [6.07, 6.45) is -1.84. The topological polar surface area (TPSA) is 48.1 Å². The normalized spacial score (nSPS) is 12.6. The van der Waals surface area contributed by atoms with Crippen LogP contribution in [0.2, 0.25) is 0 Å². The Morgan fingerprint density at radius 3 is 2.42 bits per heavy atom. The SMILES string of the molecule is CCCCOc1cnc(C(C)(C)N)cc1C(F)(F)F. The highest BCUT2D eigenvalue weighted by Crippen LogP contribution is 2.37. The summed E-state index contributed by atoms with van der Waals surface area (Å²) < 4.78 is 44.1. The van der Waals surface area contributed by atoms with Gasteiger partial charge >= 0.3 is 6.18 Å². The molecule has 1 aromatic heterocycles. The summed E-state index contributed by atoms with van der Waals surface area (Å²) in [4.78, 5) is 3.95. The molecule has 19 heavy (non-hydrogen) atoms. The number of aromatic nitrogens is 1. The summed E-state index contributed by atoms with van der Waals surface area (Å²) in [5.74, 6) is -0.242. The van der Waals surface area contributed by atoms with Gasteiger partial charge in [-0.2, -0.15) is 13.2 Å². The third-order valence-corrected chi connectivity index (χ3v) is 2.59. The van der Waals surface area contributed by atoms with Gasteiger partial charge in [-0.3, -0.25) is 4.98 Å². The molecule has 1 rings (SSSR count). The van der Waals surface area contributed by atoms with Gasteiger partial charge < -0.3 is 10.5 Å². The van der Waals surface area contributed by atoms with E-state index in [9.17, 15) is 13.2 Å². The van der Waals surface area contributed by atoms with Gasteiger partial charge in [-0.05, 0) is 26.3 Å². The molecular weight excluding hydrogens is 257 g/mol. The molecule has 0 aromatic carbocycles. The van der Waals surface area contributed by atoms with Crippen molar-refractivity contribution in [1.29, 1.82) is 0 Å². The van der Waals surface area contributed by atoms with Crippen LogP contribution in [0.5, 0.6) is 5.75 Å². The van der Waals surface area contributed by atoms with E-state index in [1.54, 1.807) is 13.8 Å². The Bertz CT molecular complexity index is 425. The van der Waals surface area contributed by atoms with Crippen molar-refractivity contribution in [1.82, 2.24) is 4.98 Å². The van der Waals surface area contributed by atoms with Crippen LogP contribution in [0.4, 0.5) is 13.2 Å². The van der Waals surface area contributed by atoms with E-state index in [2.05, 4.69) is 4.98 Å². The molecule has 0 saturated carbocycles. The second-order valence-electron chi connectivity index (χ2n) is 4.99. The number of ether oxygens (including phenoxy) is 1. The Labute approximate surface area is 111 Å². The van der Waals surface area contributed by atoms with Crippen LogP contribution in [0.15, 0.2) is 12.3 Å². The van der Waals surface area contributed by atoms with Gasteiger partial charge in [-0.25, -0.2) is 0 Å². The molecule has 0 aliphatic heterocycles. The molecule has 0 fully saturated rings. The summed E-state index contributed by atoms with van der Waals surface area (Å²) >= 11 is 0. The Hall–Kier alpha value is -1.30. The third-order valence-electron chi connectivity index (χ3n) is 2.59. The van der Waals surface area contributed by atoms with Crippen LogP contribution in [0, 0.1) is 0 Å². The van der Waals surface area contributed by atoms with Crippen molar-refractivity contribution in [3.63, 3.8) is 0 Å². The lowest BCUT2D eigenvalue weighted by Crippen LogP contribution is -2.30. The van der Waals surface area contributed by atoms with Gasteiger partial charge in [0.05, 0.1) is 24.0 Å². The first-order valence-electron chi connectivity index (χ1n) is 6.15. The molecule has 6 heteroatoms. The zero-order valence-electron chi connectivity index (χ0n) is 11.3. The summed E-state index contributed by atoms with van der Waals surface area (Å²) in [6.45, 7) is 5.39. The van der Waals surface area contributed by atoms with Crippen LogP contribution in [-0.2, 0) is 11.7 Å². The summed E-state index contributed by atoms with van der Waals surface area (Å²) in [5, 5.41) is 0. The van der Waals surface area contributed by atoms with Gasteiger partial charge in [0.2, 0.25) is 0 Å². The molecule has 108 valence electrons. The average Bonchev–Trinajstić information content (AvgIpc) is 2.27. The van der Waals surface area contributed by atoms with Crippen molar-refractivity contribution in [3.8, 4) is 5.75 Å². The van der Waals surface area contributed by atoms with Crippen LogP contribution in [0.1, 0.15) is 44.9 Å². The molecule has 0 spiro atoms. The molecule has 0 bridgehead atoms. The second kappa shape index (κ2) is 5.77. The van der Waals surface area contributed by atoms with Crippen LogP contribution in [-0.4, -0.2) is 11.6 Å². The fraction of sp³-hybridized carbons (Fsp3) is 0.615. The van der Waals surface area contributed by atoms with Crippen molar-refractivity contribution >= 4 is 0 Å². The van der Waals surface area contributed by atoms with E-state index in [0.29, 0.717) is 6.42 Å².